The molecule has 3 nitrogen and oxygen atoms in total. The van der Waals surface area contributed by atoms with Crippen LogP contribution in [0.3, 0.4) is 0 Å². The summed E-state index contributed by atoms with van der Waals surface area (Å²) in [5, 5.41) is 0.414. The van der Waals surface area contributed by atoms with E-state index < -0.39 is 16.6 Å². The second-order valence-corrected chi connectivity index (χ2v) is 26.2. The molecule has 3 rings (SSSR count). The van der Waals surface area contributed by atoms with Crippen LogP contribution in [0, 0.1) is 23.2 Å². The Morgan fingerprint density at radius 3 is 1.95 bits per heavy atom. The number of carbonyl (C=O) groups is 1. The molecule has 6 atom stereocenters. The number of aldehydes is 1. The Hall–Kier alpha value is -0.496. The van der Waals surface area contributed by atoms with Gasteiger partial charge in [0, 0.05) is 6.42 Å². The monoisotopic (exact) mass is 574 g/mol. The molecule has 0 N–H and O–H groups in total. The van der Waals surface area contributed by atoms with E-state index in [1.165, 1.54) is 37.7 Å². The SMILES string of the molecule is C[C@H](CC=O)[C@H]1CC[C@H]2/C(=C/C=C3C[C@@H](O[Si](C)(C)C(C)(C)C)C[C@H](O[Si](C)(C)C(C)(C)C)C3)CCC[C@]12C. The van der Waals surface area contributed by atoms with E-state index in [1.807, 2.05) is 0 Å². The first-order chi connectivity index (χ1) is 17.8. The average Bonchev–Trinajstić information content (AvgIpc) is 3.13. The maximum atomic E-state index is 11.3. The fourth-order valence-electron chi connectivity index (χ4n) is 7.39. The van der Waals surface area contributed by atoms with E-state index in [1.54, 1.807) is 5.57 Å². The second-order valence-electron chi connectivity index (χ2n) is 16.7. The summed E-state index contributed by atoms with van der Waals surface area (Å²) < 4.78 is 14.1. The molecule has 3 saturated carbocycles. The van der Waals surface area contributed by atoms with E-state index in [0.717, 1.165) is 25.5 Å². The molecule has 0 unspecified atom stereocenters. The molecule has 3 aliphatic rings. The highest BCUT2D eigenvalue weighted by Gasteiger charge is 2.50. The molecule has 39 heavy (non-hydrogen) atoms. The van der Waals surface area contributed by atoms with Crippen molar-refractivity contribution in [3.63, 3.8) is 0 Å². The third-order valence-corrected chi connectivity index (χ3v) is 20.8. The third-order valence-electron chi connectivity index (χ3n) is 11.8. The van der Waals surface area contributed by atoms with Crippen LogP contribution >= 0.6 is 0 Å². The smallest absolute Gasteiger partial charge is 0.192 e. The average molecular weight is 575 g/mol. The maximum absolute atomic E-state index is 11.3. The van der Waals surface area contributed by atoms with E-state index in [2.05, 4.69) is 93.7 Å². The fraction of sp³-hybridized carbons (Fsp3) is 0.853. The van der Waals surface area contributed by atoms with Gasteiger partial charge < -0.3 is 13.6 Å². The van der Waals surface area contributed by atoms with Gasteiger partial charge in [0.2, 0.25) is 0 Å². The van der Waals surface area contributed by atoms with E-state index in [9.17, 15) is 4.79 Å². The minimum absolute atomic E-state index is 0.207. The first-order valence-electron chi connectivity index (χ1n) is 16.0. The van der Waals surface area contributed by atoms with Crippen LogP contribution < -0.4 is 0 Å². The van der Waals surface area contributed by atoms with Crippen molar-refractivity contribution < 1.29 is 13.6 Å². The Kier molecular flexibility index (Phi) is 10.2. The minimum atomic E-state index is -1.87. The predicted molar refractivity (Wildman–Crippen MR) is 172 cm³/mol. The molecular weight excluding hydrogens is 513 g/mol. The Labute approximate surface area is 244 Å². The van der Waals surface area contributed by atoms with Crippen LogP contribution in [0.1, 0.15) is 113 Å². The van der Waals surface area contributed by atoms with Gasteiger partial charge in [-0.3, -0.25) is 0 Å². The Morgan fingerprint density at radius 1 is 0.923 bits per heavy atom. The third kappa shape index (κ3) is 7.48. The molecule has 0 radical (unpaired) electrons. The normalized spacial score (nSPS) is 32.7. The summed E-state index contributed by atoms with van der Waals surface area (Å²) in [6.07, 6.45) is 16.8. The highest BCUT2D eigenvalue weighted by atomic mass is 28.4. The van der Waals surface area contributed by atoms with Crippen LogP contribution in [-0.4, -0.2) is 35.1 Å². The molecule has 0 heterocycles. The molecule has 0 aliphatic heterocycles. The Morgan fingerprint density at radius 2 is 1.46 bits per heavy atom. The summed E-state index contributed by atoms with van der Waals surface area (Å²) in [4.78, 5) is 11.3. The molecular formula is C34H62O3Si2. The van der Waals surface area contributed by atoms with Gasteiger partial charge in [0.05, 0.1) is 12.2 Å². The number of rotatable bonds is 8. The molecule has 0 aromatic carbocycles. The standard InChI is InChI=1S/C34H62O3Si2/c1-25(19-21-35)30-17-18-31-27(14-13-20-34(30,31)8)16-15-26-22-28(36-38(9,10)32(2,3)4)24-29(23-26)37-39(11,12)33(5,6)7/h15-16,21,25,28-31H,13-14,17-20,22-24H2,1-12H3/b27-16+/t25-,28-,29-,30-,31+,34-/m1/s1. The first-order valence-corrected chi connectivity index (χ1v) is 21.8. The number of hydrogen-bond donors (Lipinski definition) is 0. The number of allylic oxidation sites excluding steroid dienone is 3. The number of hydrogen-bond acceptors (Lipinski definition) is 3. The van der Waals surface area contributed by atoms with Crippen molar-refractivity contribution >= 4 is 22.9 Å². The minimum Gasteiger partial charge on any atom is -0.414 e. The molecule has 0 spiro atoms. The van der Waals surface area contributed by atoms with Crippen molar-refractivity contribution in [2.45, 2.75) is 162 Å². The van der Waals surface area contributed by atoms with Crippen LogP contribution in [0.4, 0.5) is 0 Å². The van der Waals surface area contributed by atoms with Gasteiger partial charge in [-0.1, -0.05) is 78.7 Å². The van der Waals surface area contributed by atoms with E-state index in [-0.39, 0.29) is 22.3 Å². The van der Waals surface area contributed by atoms with E-state index in [0.29, 0.717) is 29.6 Å². The maximum Gasteiger partial charge on any atom is 0.192 e. The van der Waals surface area contributed by atoms with Gasteiger partial charge in [-0.25, -0.2) is 0 Å². The lowest BCUT2D eigenvalue weighted by molar-refractivity contribution is -0.109. The summed E-state index contributed by atoms with van der Waals surface area (Å²) in [5.74, 6) is 1.84. The van der Waals surface area contributed by atoms with Gasteiger partial charge >= 0.3 is 0 Å². The zero-order chi connectivity index (χ0) is 29.4. The van der Waals surface area contributed by atoms with Gasteiger partial charge in [0.25, 0.3) is 0 Å². The topological polar surface area (TPSA) is 35.5 Å². The molecule has 224 valence electrons. The van der Waals surface area contributed by atoms with Gasteiger partial charge in [-0.2, -0.15) is 0 Å². The first kappa shape index (κ1) is 33.0. The van der Waals surface area contributed by atoms with Crippen molar-refractivity contribution in [1.82, 2.24) is 0 Å². The van der Waals surface area contributed by atoms with Crippen LogP contribution in [0.15, 0.2) is 23.3 Å². The quantitative estimate of drug-likeness (QED) is 0.214. The van der Waals surface area contributed by atoms with Crippen molar-refractivity contribution in [2.75, 3.05) is 0 Å². The van der Waals surface area contributed by atoms with E-state index >= 15 is 0 Å². The molecule has 0 aromatic heterocycles. The van der Waals surface area contributed by atoms with Gasteiger partial charge in [0.15, 0.2) is 16.6 Å². The zero-order valence-electron chi connectivity index (χ0n) is 27.7. The lowest BCUT2D eigenvalue weighted by Gasteiger charge is -2.45. The van der Waals surface area contributed by atoms with E-state index in [4.69, 9.17) is 8.85 Å². The molecule has 5 heteroatoms. The highest BCUT2D eigenvalue weighted by molar-refractivity contribution is 6.74. The molecule has 0 bridgehead atoms. The largest absolute Gasteiger partial charge is 0.414 e. The fourth-order valence-corrected chi connectivity index (χ4v) is 10.1. The van der Waals surface area contributed by atoms with Crippen LogP contribution in [0.25, 0.3) is 0 Å². The second kappa shape index (κ2) is 12.0. The summed E-state index contributed by atoms with van der Waals surface area (Å²) in [5.41, 5.74) is 3.52. The summed E-state index contributed by atoms with van der Waals surface area (Å²) >= 11 is 0. The van der Waals surface area contributed by atoms with Crippen molar-refractivity contribution in [1.29, 1.82) is 0 Å². The van der Waals surface area contributed by atoms with Crippen LogP contribution in [0.5, 0.6) is 0 Å². The molecule has 0 amide bonds. The Balaban J connectivity index is 1.86. The summed E-state index contributed by atoms with van der Waals surface area (Å²) in [7, 11) is -3.73. The molecule has 3 aliphatic carbocycles. The van der Waals surface area contributed by atoms with Crippen LogP contribution in [0.2, 0.25) is 36.3 Å². The summed E-state index contributed by atoms with van der Waals surface area (Å²) in [6.45, 7) is 28.5. The van der Waals surface area contributed by atoms with Crippen molar-refractivity contribution in [2.24, 2.45) is 23.2 Å². The molecule has 3 fully saturated rings. The highest BCUT2D eigenvalue weighted by Crippen LogP contribution is 2.59. The lowest BCUT2D eigenvalue weighted by Crippen LogP contribution is -2.48. The van der Waals surface area contributed by atoms with Crippen molar-refractivity contribution in [3.05, 3.63) is 23.3 Å². The van der Waals surface area contributed by atoms with Crippen molar-refractivity contribution in [3.8, 4) is 0 Å². The van der Waals surface area contributed by atoms with Gasteiger partial charge in [0.1, 0.15) is 6.29 Å². The van der Waals surface area contributed by atoms with Gasteiger partial charge in [-0.05, 0) is 111 Å². The van der Waals surface area contributed by atoms with Gasteiger partial charge in [-0.15, -0.1) is 0 Å². The predicted octanol–water partition coefficient (Wildman–Crippen LogP) is 10.2. The zero-order valence-corrected chi connectivity index (χ0v) is 29.7. The number of fused-ring (bicyclic) bond motifs is 1. The molecule has 0 aromatic rings. The molecule has 0 saturated heterocycles. The number of carbonyl (C=O) groups excluding carboxylic acids is 1. The van der Waals surface area contributed by atoms with Crippen LogP contribution in [-0.2, 0) is 13.6 Å². The summed E-state index contributed by atoms with van der Waals surface area (Å²) in [6, 6.07) is 0. The Bertz CT molecular complexity index is 882. The lowest BCUT2D eigenvalue weighted by atomic mass is 9.61.